The SMILES string of the molecule is COc1ccc(CCN2C(=O)N(c3ccc(C)cc3)C(=O)[C@@H]2CC(=O)Nc2ccc(F)cc2)cc1OC. The van der Waals surface area contributed by atoms with Crippen molar-refractivity contribution in [3.05, 3.63) is 83.7 Å². The number of rotatable bonds is 9. The molecule has 1 atom stereocenters. The van der Waals surface area contributed by atoms with Gasteiger partial charge < -0.3 is 19.7 Å². The zero-order valence-electron chi connectivity index (χ0n) is 20.9. The number of hydrogen-bond acceptors (Lipinski definition) is 5. The van der Waals surface area contributed by atoms with E-state index in [1.54, 1.807) is 32.4 Å². The molecule has 9 heteroatoms. The second kappa shape index (κ2) is 11.1. The van der Waals surface area contributed by atoms with Gasteiger partial charge in [0.25, 0.3) is 5.91 Å². The minimum Gasteiger partial charge on any atom is -0.493 e. The molecule has 0 radical (unpaired) electrons. The van der Waals surface area contributed by atoms with Crippen molar-refractivity contribution in [2.75, 3.05) is 31.0 Å². The average molecular weight is 506 g/mol. The number of benzene rings is 3. The molecule has 0 unspecified atom stereocenters. The first kappa shape index (κ1) is 25.7. The fraction of sp³-hybridized carbons (Fsp3) is 0.250. The number of ether oxygens (including phenoxy) is 2. The number of aryl methyl sites for hydroxylation is 1. The van der Waals surface area contributed by atoms with E-state index in [-0.39, 0.29) is 13.0 Å². The van der Waals surface area contributed by atoms with E-state index in [0.29, 0.717) is 29.3 Å². The number of hydrogen-bond donors (Lipinski definition) is 1. The van der Waals surface area contributed by atoms with Gasteiger partial charge in [-0.25, -0.2) is 14.1 Å². The van der Waals surface area contributed by atoms with Gasteiger partial charge in [-0.2, -0.15) is 0 Å². The Morgan fingerprint density at radius 1 is 0.946 bits per heavy atom. The van der Waals surface area contributed by atoms with Crippen molar-refractivity contribution in [2.24, 2.45) is 0 Å². The monoisotopic (exact) mass is 505 g/mol. The number of anilines is 2. The van der Waals surface area contributed by atoms with Crippen molar-refractivity contribution in [2.45, 2.75) is 25.8 Å². The van der Waals surface area contributed by atoms with E-state index in [2.05, 4.69) is 5.32 Å². The van der Waals surface area contributed by atoms with Gasteiger partial charge in [-0.05, 0) is 67.4 Å². The minimum absolute atomic E-state index is 0.205. The fourth-order valence-corrected chi connectivity index (χ4v) is 4.23. The first-order chi connectivity index (χ1) is 17.8. The van der Waals surface area contributed by atoms with Crippen LogP contribution in [0.15, 0.2) is 66.7 Å². The van der Waals surface area contributed by atoms with Gasteiger partial charge in [0.15, 0.2) is 11.5 Å². The molecule has 1 fully saturated rings. The molecular weight excluding hydrogens is 477 g/mol. The van der Waals surface area contributed by atoms with Crippen molar-refractivity contribution in [3.8, 4) is 11.5 Å². The first-order valence-corrected chi connectivity index (χ1v) is 11.8. The zero-order chi connectivity index (χ0) is 26.5. The molecule has 0 saturated carbocycles. The number of halogens is 1. The molecule has 4 rings (SSSR count). The molecule has 0 spiro atoms. The molecule has 1 N–H and O–H groups in total. The van der Waals surface area contributed by atoms with Crippen LogP contribution in [0, 0.1) is 12.7 Å². The number of amides is 4. The summed E-state index contributed by atoms with van der Waals surface area (Å²) in [6.07, 6.45) is 0.188. The maximum absolute atomic E-state index is 13.4. The molecule has 0 aliphatic carbocycles. The van der Waals surface area contributed by atoms with Gasteiger partial charge in [0.05, 0.1) is 26.3 Å². The Labute approximate surface area is 214 Å². The number of nitrogens with one attached hydrogen (secondary N) is 1. The van der Waals surface area contributed by atoms with Gasteiger partial charge in [-0.15, -0.1) is 0 Å². The number of urea groups is 1. The Balaban J connectivity index is 1.56. The summed E-state index contributed by atoms with van der Waals surface area (Å²) in [7, 11) is 3.09. The van der Waals surface area contributed by atoms with Crippen molar-refractivity contribution < 1.29 is 28.2 Å². The van der Waals surface area contributed by atoms with Gasteiger partial charge >= 0.3 is 6.03 Å². The number of carbonyl (C=O) groups is 3. The maximum Gasteiger partial charge on any atom is 0.332 e. The molecule has 3 aromatic rings. The maximum atomic E-state index is 13.4. The van der Waals surface area contributed by atoms with Crippen LogP contribution in [0.1, 0.15) is 17.5 Å². The van der Waals surface area contributed by atoms with Crippen LogP contribution in [0.4, 0.5) is 20.6 Å². The summed E-state index contributed by atoms with van der Waals surface area (Å²) in [6, 6.07) is 16.3. The van der Waals surface area contributed by atoms with E-state index in [9.17, 15) is 18.8 Å². The lowest BCUT2D eigenvalue weighted by Crippen LogP contribution is -2.39. The van der Waals surface area contributed by atoms with E-state index in [1.165, 1.54) is 29.2 Å². The molecule has 8 nitrogen and oxygen atoms in total. The van der Waals surface area contributed by atoms with E-state index >= 15 is 0 Å². The summed E-state index contributed by atoms with van der Waals surface area (Å²) in [4.78, 5) is 42.2. The minimum atomic E-state index is -0.991. The lowest BCUT2D eigenvalue weighted by Gasteiger charge is -2.22. The number of carbonyl (C=O) groups excluding carboxylic acids is 3. The molecule has 192 valence electrons. The predicted octanol–water partition coefficient (Wildman–Crippen LogP) is 4.56. The second-order valence-electron chi connectivity index (χ2n) is 8.70. The molecule has 37 heavy (non-hydrogen) atoms. The highest BCUT2D eigenvalue weighted by Gasteiger charge is 2.46. The van der Waals surface area contributed by atoms with Crippen molar-refractivity contribution in [1.82, 2.24) is 4.90 Å². The molecular formula is C28H28FN3O5. The Morgan fingerprint density at radius 2 is 1.62 bits per heavy atom. The number of methoxy groups -OCH3 is 2. The predicted molar refractivity (Wildman–Crippen MR) is 137 cm³/mol. The van der Waals surface area contributed by atoms with Crippen molar-refractivity contribution in [3.63, 3.8) is 0 Å². The lowest BCUT2D eigenvalue weighted by atomic mass is 10.1. The van der Waals surface area contributed by atoms with E-state index in [0.717, 1.165) is 16.0 Å². The highest BCUT2D eigenvalue weighted by molar-refractivity contribution is 6.22. The molecule has 1 aliphatic rings. The zero-order valence-corrected chi connectivity index (χ0v) is 20.9. The van der Waals surface area contributed by atoms with Crippen LogP contribution in [-0.2, 0) is 16.0 Å². The Morgan fingerprint density at radius 3 is 2.27 bits per heavy atom. The van der Waals surface area contributed by atoms with Gasteiger partial charge in [0.2, 0.25) is 5.91 Å². The largest absolute Gasteiger partial charge is 0.493 e. The van der Waals surface area contributed by atoms with Crippen LogP contribution >= 0.6 is 0 Å². The van der Waals surface area contributed by atoms with Gasteiger partial charge in [0.1, 0.15) is 11.9 Å². The summed E-state index contributed by atoms with van der Waals surface area (Å²) < 4.78 is 23.9. The molecule has 4 amide bonds. The van der Waals surface area contributed by atoms with Crippen LogP contribution in [0.5, 0.6) is 11.5 Å². The first-order valence-electron chi connectivity index (χ1n) is 11.8. The Hall–Kier alpha value is -4.40. The molecule has 3 aromatic carbocycles. The molecule has 1 aliphatic heterocycles. The highest BCUT2D eigenvalue weighted by Crippen LogP contribution is 2.30. The summed E-state index contributed by atoms with van der Waals surface area (Å²) in [5.41, 5.74) is 2.71. The van der Waals surface area contributed by atoms with E-state index in [4.69, 9.17) is 9.47 Å². The second-order valence-corrected chi connectivity index (χ2v) is 8.70. The third-order valence-electron chi connectivity index (χ3n) is 6.21. The van der Waals surface area contributed by atoms with Gasteiger partial charge in [-0.3, -0.25) is 9.59 Å². The molecule has 1 heterocycles. The topological polar surface area (TPSA) is 88.2 Å². The third-order valence-corrected chi connectivity index (χ3v) is 6.21. The van der Waals surface area contributed by atoms with Crippen molar-refractivity contribution in [1.29, 1.82) is 0 Å². The fourth-order valence-electron chi connectivity index (χ4n) is 4.23. The summed E-state index contributed by atoms with van der Waals surface area (Å²) in [5, 5.41) is 2.67. The standard InChI is InChI=1S/C28H28FN3O5/c1-18-4-11-22(12-5-18)32-27(34)23(17-26(33)30-21-9-7-20(29)8-10-21)31(28(32)35)15-14-19-6-13-24(36-2)25(16-19)37-3/h4-13,16,23H,14-15,17H2,1-3H3,(H,30,33)/t23-/m0/s1. The molecule has 0 bridgehead atoms. The van der Waals surface area contributed by atoms with E-state index in [1.807, 2.05) is 31.2 Å². The number of nitrogens with zero attached hydrogens (tertiary/aromatic N) is 2. The Bertz CT molecular complexity index is 1290. The quantitative estimate of drug-likeness (QED) is 0.431. The molecule has 1 saturated heterocycles. The van der Waals surface area contributed by atoms with Crippen LogP contribution in [0.3, 0.4) is 0 Å². The summed E-state index contributed by atoms with van der Waals surface area (Å²) >= 11 is 0. The van der Waals surface area contributed by atoms with Crippen LogP contribution in [0.2, 0.25) is 0 Å². The summed E-state index contributed by atoms with van der Waals surface area (Å²) in [6.45, 7) is 2.12. The molecule has 0 aromatic heterocycles. The highest BCUT2D eigenvalue weighted by atomic mass is 19.1. The Kier molecular flexibility index (Phi) is 7.71. The van der Waals surface area contributed by atoms with Crippen LogP contribution < -0.4 is 19.7 Å². The van der Waals surface area contributed by atoms with Crippen LogP contribution in [-0.4, -0.2) is 49.6 Å². The van der Waals surface area contributed by atoms with Gasteiger partial charge in [0, 0.05) is 12.2 Å². The van der Waals surface area contributed by atoms with Gasteiger partial charge in [-0.1, -0.05) is 23.8 Å². The lowest BCUT2D eigenvalue weighted by molar-refractivity contribution is -0.124. The summed E-state index contributed by atoms with van der Waals surface area (Å²) in [5.74, 6) is -0.223. The van der Waals surface area contributed by atoms with E-state index < -0.39 is 29.7 Å². The average Bonchev–Trinajstić information content (AvgIpc) is 3.12. The van der Waals surface area contributed by atoms with Crippen molar-refractivity contribution >= 4 is 29.2 Å². The number of imide groups is 1. The smallest absolute Gasteiger partial charge is 0.332 e. The van der Waals surface area contributed by atoms with Crippen LogP contribution in [0.25, 0.3) is 0 Å². The normalized spacial score (nSPS) is 15.2. The third kappa shape index (κ3) is 5.72.